The quantitative estimate of drug-likeness (QED) is 0.144. The van der Waals surface area contributed by atoms with E-state index in [4.69, 9.17) is 25.8 Å². The molecule has 3 aliphatic rings. The van der Waals surface area contributed by atoms with Crippen LogP contribution in [0.4, 0.5) is 11.4 Å². The number of rotatable bonds is 13. The largest absolute Gasteiger partial charge is 0.491 e. The molecule has 268 valence electrons. The summed E-state index contributed by atoms with van der Waals surface area (Å²) in [5, 5.41) is 9.07. The third-order valence-electron chi connectivity index (χ3n) is 10.4. The van der Waals surface area contributed by atoms with E-state index in [0.717, 1.165) is 62.2 Å². The van der Waals surface area contributed by atoms with Crippen molar-refractivity contribution in [1.82, 2.24) is 15.0 Å². The summed E-state index contributed by atoms with van der Waals surface area (Å²) in [5.41, 5.74) is 4.15. The fraction of sp³-hybridized carbons (Fsp3) is 0.450. The Morgan fingerprint density at radius 3 is 2.51 bits per heavy atom. The first-order chi connectivity index (χ1) is 24.9. The Morgan fingerprint density at radius 1 is 0.980 bits per heavy atom. The molecule has 0 saturated carbocycles. The first kappa shape index (κ1) is 35.2. The van der Waals surface area contributed by atoms with Gasteiger partial charge in [-0.15, -0.1) is 0 Å². The monoisotopic (exact) mass is 710 g/mol. The number of amides is 1. The molecule has 3 aliphatic heterocycles. The van der Waals surface area contributed by atoms with Crippen LogP contribution in [0.2, 0.25) is 5.02 Å². The second kappa shape index (κ2) is 16.0. The Balaban J connectivity index is 0.886. The molecule has 0 aliphatic carbocycles. The zero-order valence-electron chi connectivity index (χ0n) is 29.4. The van der Waals surface area contributed by atoms with Crippen LogP contribution in [0.3, 0.4) is 0 Å². The van der Waals surface area contributed by atoms with Crippen molar-refractivity contribution in [2.75, 3.05) is 36.1 Å². The van der Waals surface area contributed by atoms with Gasteiger partial charge in [-0.2, -0.15) is 15.0 Å². The lowest BCUT2D eigenvalue weighted by atomic mass is 9.93. The van der Waals surface area contributed by atoms with Gasteiger partial charge in [-0.3, -0.25) is 14.7 Å². The Hall–Kier alpha value is -4.25. The third kappa shape index (κ3) is 8.29. The van der Waals surface area contributed by atoms with Gasteiger partial charge in [0.05, 0.1) is 31.0 Å². The van der Waals surface area contributed by atoms with Crippen molar-refractivity contribution in [2.45, 2.75) is 76.9 Å². The minimum atomic E-state index is -1.10. The van der Waals surface area contributed by atoms with Crippen LogP contribution in [0, 0.1) is 11.8 Å². The number of benzene rings is 3. The summed E-state index contributed by atoms with van der Waals surface area (Å²) in [7, 11) is 0. The number of aliphatic imine (C=N–C) groups is 1. The Bertz CT molecular complexity index is 1770. The standard InChI is InChI=1S/C40H47ClN6O4/c1-3-29(2)23-38-39(48)46(28-42-38)33-14-12-32(13-15-33)45-21-6-7-30(18-22-45)24-31-10-16-34(17-11-31)49-25-35-26-50-40(51-35,27-47-43-19-20-44-47)36-8-4-5-9-37(36)41/h4-5,8-17,19-20,28-30,35,38H,3,6-7,18,21-27H2,1-2H3. The van der Waals surface area contributed by atoms with E-state index >= 15 is 0 Å². The lowest BCUT2D eigenvalue weighted by Gasteiger charge is -2.28. The maximum absolute atomic E-state index is 13.0. The molecule has 1 amide bonds. The highest BCUT2D eigenvalue weighted by Crippen LogP contribution is 2.39. The van der Waals surface area contributed by atoms with E-state index < -0.39 is 5.79 Å². The summed E-state index contributed by atoms with van der Waals surface area (Å²) in [6.07, 6.45) is 11.1. The molecule has 0 spiro atoms. The number of anilines is 2. The van der Waals surface area contributed by atoms with Gasteiger partial charge >= 0.3 is 0 Å². The van der Waals surface area contributed by atoms with Gasteiger partial charge in [0, 0.05) is 29.4 Å². The minimum Gasteiger partial charge on any atom is -0.491 e. The number of ether oxygens (including phenoxy) is 3. The van der Waals surface area contributed by atoms with E-state index in [-0.39, 0.29) is 24.6 Å². The van der Waals surface area contributed by atoms with Crippen molar-refractivity contribution >= 4 is 35.2 Å². The zero-order valence-corrected chi connectivity index (χ0v) is 30.2. The van der Waals surface area contributed by atoms with E-state index in [1.807, 2.05) is 36.4 Å². The van der Waals surface area contributed by atoms with Crippen LogP contribution in [0.25, 0.3) is 0 Å². The first-order valence-corrected chi connectivity index (χ1v) is 18.6. The maximum atomic E-state index is 13.0. The summed E-state index contributed by atoms with van der Waals surface area (Å²) in [6.45, 7) is 7.37. The number of hydrogen-bond acceptors (Lipinski definition) is 8. The third-order valence-corrected chi connectivity index (χ3v) is 10.7. The van der Waals surface area contributed by atoms with E-state index in [1.165, 1.54) is 17.7 Å². The normalized spacial score (nSPS) is 24.2. The number of nitrogens with zero attached hydrogens (tertiary/aromatic N) is 6. The van der Waals surface area contributed by atoms with Crippen molar-refractivity contribution in [3.8, 4) is 5.75 Å². The van der Waals surface area contributed by atoms with Gasteiger partial charge in [-0.25, -0.2) is 0 Å². The summed E-state index contributed by atoms with van der Waals surface area (Å²) >= 11 is 6.57. The zero-order chi connectivity index (χ0) is 35.2. The molecule has 1 aromatic heterocycles. The number of hydrogen-bond donors (Lipinski definition) is 0. The van der Waals surface area contributed by atoms with Crippen LogP contribution in [0.15, 0.2) is 90.2 Å². The molecular weight excluding hydrogens is 664 g/mol. The van der Waals surface area contributed by atoms with Crippen LogP contribution in [0.5, 0.6) is 5.75 Å². The summed E-state index contributed by atoms with van der Waals surface area (Å²) in [5.74, 6) is 0.877. The minimum absolute atomic E-state index is 0.0774. The van der Waals surface area contributed by atoms with Gasteiger partial charge < -0.3 is 19.1 Å². The van der Waals surface area contributed by atoms with Gasteiger partial charge in [-0.1, -0.05) is 62.2 Å². The molecule has 4 aromatic rings. The summed E-state index contributed by atoms with van der Waals surface area (Å²) < 4.78 is 18.9. The van der Waals surface area contributed by atoms with Crippen LogP contribution < -0.4 is 14.5 Å². The van der Waals surface area contributed by atoms with Crippen LogP contribution in [-0.2, 0) is 33.0 Å². The van der Waals surface area contributed by atoms with Crippen LogP contribution >= 0.6 is 11.6 Å². The average Bonchev–Trinajstić information content (AvgIpc) is 3.86. The molecule has 3 aromatic carbocycles. The Kier molecular flexibility index (Phi) is 11.0. The molecule has 10 nitrogen and oxygen atoms in total. The van der Waals surface area contributed by atoms with Crippen molar-refractivity contribution in [3.63, 3.8) is 0 Å². The SMILES string of the molecule is CCC(C)CC1N=CN(c2ccc(N3CCCC(Cc4ccc(OCC5COC(Cn6nccn6)(c6ccccc6Cl)O5)cc4)CC3)cc2)C1=O. The molecule has 11 heteroatoms. The number of aromatic nitrogens is 3. The van der Waals surface area contributed by atoms with Crippen molar-refractivity contribution < 1.29 is 19.0 Å². The lowest BCUT2D eigenvalue weighted by Crippen LogP contribution is -2.35. The average molecular weight is 711 g/mol. The second-order valence-corrected chi connectivity index (χ2v) is 14.4. The number of carbonyl (C=O) groups excluding carboxylic acids is 1. The first-order valence-electron chi connectivity index (χ1n) is 18.2. The molecule has 2 saturated heterocycles. The Labute approximate surface area is 305 Å². The van der Waals surface area contributed by atoms with Crippen molar-refractivity contribution in [2.24, 2.45) is 16.8 Å². The Morgan fingerprint density at radius 2 is 1.75 bits per heavy atom. The maximum Gasteiger partial charge on any atom is 0.257 e. The molecule has 2 fully saturated rings. The number of carbonyl (C=O) groups is 1. The van der Waals surface area contributed by atoms with Gasteiger partial charge in [0.2, 0.25) is 5.79 Å². The molecule has 0 radical (unpaired) electrons. The predicted octanol–water partition coefficient (Wildman–Crippen LogP) is 7.31. The van der Waals surface area contributed by atoms with Crippen molar-refractivity contribution in [3.05, 3.63) is 101 Å². The molecular formula is C40H47ClN6O4. The van der Waals surface area contributed by atoms with Gasteiger partial charge in [-0.05, 0) is 92.0 Å². The molecule has 51 heavy (non-hydrogen) atoms. The fourth-order valence-corrected chi connectivity index (χ4v) is 7.55. The van der Waals surface area contributed by atoms with Gasteiger partial charge in [0.25, 0.3) is 5.91 Å². The van der Waals surface area contributed by atoms with Crippen molar-refractivity contribution in [1.29, 1.82) is 0 Å². The molecule has 7 rings (SSSR count). The smallest absolute Gasteiger partial charge is 0.257 e. The number of halogens is 1. The van der Waals surface area contributed by atoms with E-state index in [1.54, 1.807) is 28.4 Å². The van der Waals surface area contributed by atoms with Gasteiger partial charge in [0.1, 0.15) is 31.0 Å². The highest BCUT2D eigenvalue weighted by Gasteiger charge is 2.46. The predicted molar refractivity (Wildman–Crippen MR) is 199 cm³/mol. The highest BCUT2D eigenvalue weighted by atomic mass is 35.5. The van der Waals surface area contributed by atoms with E-state index in [9.17, 15) is 4.79 Å². The molecule has 0 N–H and O–H groups in total. The van der Waals surface area contributed by atoms with Crippen LogP contribution in [-0.4, -0.2) is 65.7 Å². The summed E-state index contributed by atoms with van der Waals surface area (Å²) in [6, 6.07) is 24.1. The second-order valence-electron chi connectivity index (χ2n) is 14.0. The molecule has 5 atom stereocenters. The van der Waals surface area contributed by atoms with E-state index in [2.05, 4.69) is 70.3 Å². The van der Waals surface area contributed by atoms with Gasteiger partial charge in [0.15, 0.2) is 0 Å². The fourth-order valence-electron chi connectivity index (χ4n) is 7.27. The van der Waals surface area contributed by atoms with E-state index in [0.29, 0.717) is 30.1 Å². The molecule has 4 heterocycles. The van der Waals surface area contributed by atoms with Crippen LogP contribution in [0.1, 0.15) is 57.1 Å². The lowest BCUT2D eigenvalue weighted by molar-refractivity contribution is -0.192. The topological polar surface area (TPSA) is 94.3 Å². The summed E-state index contributed by atoms with van der Waals surface area (Å²) in [4.78, 5) is 23.2. The molecule has 0 bridgehead atoms. The highest BCUT2D eigenvalue weighted by molar-refractivity contribution is 6.31. The molecule has 5 unspecified atom stereocenters.